The SMILES string of the molecule is Cc1cc(NS(C)(=O)=O)ccc1Nc1cc(-c2ccc(-n3cccn3)nc2)[nH]n1. The molecule has 0 fully saturated rings. The van der Waals surface area contributed by atoms with Crippen LogP contribution in [0.15, 0.2) is 61.1 Å². The molecule has 4 rings (SSSR count). The van der Waals surface area contributed by atoms with Crippen molar-refractivity contribution in [2.75, 3.05) is 16.3 Å². The Kier molecular flexibility index (Phi) is 4.77. The molecular formula is C19H19N7O2S. The highest BCUT2D eigenvalue weighted by molar-refractivity contribution is 7.92. The van der Waals surface area contributed by atoms with Gasteiger partial charge in [-0.05, 0) is 48.9 Å². The summed E-state index contributed by atoms with van der Waals surface area (Å²) >= 11 is 0. The first kappa shape index (κ1) is 18.7. The van der Waals surface area contributed by atoms with Crippen molar-refractivity contribution in [2.45, 2.75) is 6.92 Å². The minimum atomic E-state index is -3.31. The van der Waals surface area contributed by atoms with E-state index in [0.29, 0.717) is 11.5 Å². The Morgan fingerprint density at radius 2 is 2.00 bits per heavy atom. The molecule has 148 valence electrons. The summed E-state index contributed by atoms with van der Waals surface area (Å²) in [5.41, 5.74) is 3.94. The lowest BCUT2D eigenvalue weighted by molar-refractivity contribution is 0.607. The number of nitrogens with one attached hydrogen (secondary N) is 3. The van der Waals surface area contributed by atoms with E-state index in [2.05, 4.69) is 30.3 Å². The highest BCUT2D eigenvalue weighted by atomic mass is 32.2. The number of rotatable bonds is 6. The van der Waals surface area contributed by atoms with Crippen LogP contribution in [-0.4, -0.2) is 39.6 Å². The summed E-state index contributed by atoms with van der Waals surface area (Å²) in [5, 5.41) is 14.7. The molecular weight excluding hydrogens is 390 g/mol. The van der Waals surface area contributed by atoms with Crippen molar-refractivity contribution in [3.63, 3.8) is 0 Å². The molecule has 0 saturated carbocycles. The Labute approximate surface area is 167 Å². The number of pyridine rings is 1. The molecule has 9 nitrogen and oxygen atoms in total. The molecule has 0 amide bonds. The number of benzene rings is 1. The molecule has 3 heterocycles. The summed E-state index contributed by atoms with van der Waals surface area (Å²) in [5.74, 6) is 1.37. The van der Waals surface area contributed by atoms with E-state index in [-0.39, 0.29) is 0 Å². The number of hydrogen-bond acceptors (Lipinski definition) is 6. The van der Waals surface area contributed by atoms with Gasteiger partial charge in [0.15, 0.2) is 11.6 Å². The van der Waals surface area contributed by atoms with Gasteiger partial charge in [-0.1, -0.05) is 0 Å². The summed E-state index contributed by atoms with van der Waals surface area (Å²) in [6.45, 7) is 1.89. The van der Waals surface area contributed by atoms with E-state index < -0.39 is 10.0 Å². The van der Waals surface area contributed by atoms with Crippen LogP contribution in [0.2, 0.25) is 0 Å². The maximum absolute atomic E-state index is 11.4. The Morgan fingerprint density at radius 3 is 2.66 bits per heavy atom. The zero-order chi connectivity index (χ0) is 20.4. The van der Waals surface area contributed by atoms with Gasteiger partial charge in [0.1, 0.15) is 0 Å². The number of aromatic amines is 1. The number of H-pyrrole nitrogens is 1. The highest BCUT2D eigenvalue weighted by Crippen LogP contribution is 2.26. The third-order valence-corrected chi connectivity index (χ3v) is 4.77. The molecule has 10 heteroatoms. The maximum atomic E-state index is 11.4. The van der Waals surface area contributed by atoms with Crippen molar-refractivity contribution in [3.05, 3.63) is 66.6 Å². The minimum Gasteiger partial charge on any atom is -0.339 e. The highest BCUT2D eigenvalue weighted by Gasteiger charge is 2.08. The van der Waals surface area contributed by atoms with Crippen molar-refractivity contribution in [1.29, 1.82) is 0 Å². The zero-order valence-electron chi connectivity index (χ0n) is 15.8. The second-order valence-corrected chi connectivity index (χ2v) is 8.30. The topological polar surface area (TPSA) is 118 Å². The van der Waals surface area contributed by atoms with Gasteiger partial charge in [0.05, 0.1) is 11.9 Å². The average Bonchev–Trinajstić information content (AvgIpc) is 3.35. The molecule has 0 spiro atoms. The number of sulfonamides is 1. The largest absolute Gasteiger partial charge is 0.339 e. The van der Waals surface area contributed by atoms with E-state index in [1.54, 1.807) is 35.3 Å². The van der Waals surface area contributed by atoms with Gasteiger partial charge in [-0.25, -0.2) is 18.1 Å². The molecule has 0 aliphatic heterocycles. The first-order valence-corrected chi connectivity index (χ1v) is 10.6. The van der Waals surface area contributed by atoms with Gasteiger partial charge in [-0.15, -0.1) is 0 Å². The summed E-state index contributed by atoms with van der Waals surface area (Å²) in [6, 6.07) is 12.8. The van der Waals surface area contributed by atoms with Crippen molar-refractivity contribution in [2.24, 2.45) is 0 Å². The zero-order valence-corrected chi connectivity index (χ0v) is 16.6. The predicted molar refractivity (Wildman–Crippen MR) is 112 cm³/mol. The third kappa shape index (κ3) is 4.43. The molecule has 0 aliphatic rings. The van der Waals surface area contributed by atoms with Gasteiger partial charge < -0.3 is 5.32 Å². The van der Waals surface area contributed by atoms with Crippen molar-refractivity contribution in [3.8, 4) is 17.1 Å². The second kappa shape index (κ2) is 7.40. The molecule has 4 aromatic rings. The molecule has 0 radical (unpaired) electrons. The molecule has 0 aliphatic carbocycles. The lowest BCUT2D eigenvalue weighted by Crippen LogP contribution is -2.09. The van der Waals surface area contributed by atoms with Crippen LogP contribution < -0.4 is 10.0 Å². The first-order chi connectivity index (χ1) is 13.9. The van der Waals surface area contributed by atoms with E-state index in [1.807, 2.05) is 37.4 Å². The third-order valence-electron chi connectivity index (χ3n) is 4.17. The summed E-state index contributed by atoms with van der Waals surface area (Å²) < 4.78 is 26.9. The molecule has 1 aromatic carbocycles. The van der Waals surface area contributed by atoms with Crippen LogP contribution in [0.5, 0.6) is 0 Å². The lowest BCUT2D eigenvalue weighted by atomic mass is 10.2. The van der Waals surface area contributed by atoms with Crippen LogP contribution in [-0.2, 0) is 10.0 Å². The quantitative estimate of drug-likeness (QED) is 0.450. The van der Waals surface area contributed by atoms with Gasteiger partial charge >= 0.3 is 0 Å². The van der Waals surface area contributed by atoms with Crippen LogP contribution in [0.1, 0.15) is 5.56 Å². The summed E-state index contributed by atoms with van der Waals surface area (Å²) in [4.78, 5) is 4.42. The predicted octanol–water partition coefficient (Wildman–Crippen LogP) is 3.08. The van der Waals surface area contributed by atoms with Crippen LogP contribution in [0, 0.1) is 6.92 Å². The fourth-order valence-corrected chi connectivity index (χ4v) is 3.39. The monoisotopic (exact) mass is 409 g/mol. The molecule has 0 atom stereocenters. The van der Waals surface area contributed by atoms with Gasteiger partial charge in [-0.2, -0.15) is 10.2 Å². The lowest BCUT2D eigenvalue weighted by Gasteiger charge is -2.10. The van der Waals surface area contributed by atoms with Gasteiger partial charge in [0.2, 0.25) is 10.0 Å². The fourth-order valence-electron chi connectivity index (χ4n) is 2.84. The van der Waals surface area contributed by atoms with Gasteiger partial charge in [0.25, 0.3) is 0 Å². The average molecular weight is 409 g/mol. The minimum absolute atomic E-state index is 0.515. The molecule has 29 heavy (non-hydrogen) atoms. The van der Waals surface area contributed by atoms with Crippen LogP contribution in [0.25, 0.3) is 17.1 Å². The molecule has 0 saturated heterocycles. The molecule has 3 aromatic heterocycles. The van der Waals surface area contributed by atoms with Crippen LogP contribution in [0.3, 0.4) is 0 Å². The van der Waals surface area contributed by atoms with Crippen molar-refractivity contribution < 1.29 is 8.42 Å². The number of aromatic nitrogens is 5. The van der Waals surface area contributed by atoms with E-state index in [9.17, 15) is 8.42 Å². The van der Waals surface area contributed by atoms with E-state index in [4.69, 9.17) is 0 Å². The number of nitrogens with zero attached hydrogens (tertiary/aromatic N) is 4. The smallest absolute Gasteiger partial charge is 0.229 e. The normalized spacial score (nSPS) is 11.4. The molecule has 3 N–H and O–H groups in total. The number of hydrogen-bond donors (Lipinski definition) is 3. The number of aryl methyl sites for hydroxylation is 1. The number of anilines is 3. The van der Waals surface area contributed by atoms with E-state index in [0.717, 1.165) is 34.6 Å². The van der Waals surface area contributed by atoms with E-state index in [1.165, 1.54) is 0 Å². The van der Waals surface area contributed by atoms with Crippen LogP contribution >= 0.6 is 0 Å². The van der Waals surface area contributed by atoms with E-state index >= 15 is 0 Å². The second-order valence-electron chi connectivity index (χ2n) is 6.55. The van der Waals surface area contributed by atoms with Gasteiger partial charge in [0, 0.05) is 41.6 Å². The van der Waals surface area contributed by atoms with Crippen molar-refractivity contribution >= 4 is 27.2 Å². The Hall–Kier alpha value is -3.66. The Bertz CT molecular complexity index is 1230. The first-order valence-electron chi connectivity index (χ1n) is 8.75. The van der Waals surface area contributed by atoms with Crippen molar-refractivity contribution in [1.82, 2.24) is 25.0 Å². The Morgan fingerprint density at radius 1 is 1.14 bits per heavy atom. The summed E-state index contributed by atoms with van der Waals surface area (Å²) in [6.07, 6.45) is 6.41. The van der Waals surface area contributed by atoms with Crippen LogP contribution in [0.4, 0.5) is 17.2 Å². The Balaban J connectivity index is 1.49. The van der Waals surface area contributed by atoms with Gasteiger partial charge in [-0.3, -0.25) is 9.82 Å². The summed E-state index contributed by atoms with van der Waals surface area (Å²) in [7, 11) is -3.31. The standard InChI is InChI=1S/C19H19N7O2S/c1-13-10-15(25-29(2,27)28)5-6-16(13)22-18-11-17(23-24-18)14-4-7-19(20-12-14)26-9-3-8-21-26/h3-12,25H,1-2H3,(H2,22,23,24). The molecule has 0 unspecified atom stereocenters. The molecule has 0 bridgehead atoms. The fraction of sp³-hybridized carbons (Fsp3) is 0.105. The maximum Gasteiger partial charge on any atom is 0.229 e.